The second-order valence-corrected chi connectivity index (χ2v) is 5.30. The smallest absolute Gasteiger partial charge is 0.138 e. The van der Waals surface area contributed by atoms with Gasteiger partial charge in [0.05, 0.1) is 9.89 Å². The Morgan fingerprint density at radius 2 is 1.89 bits per heavy atom. The summed E-state index contributed by atoms with van der Waals surface area (Å²) in [6.45, 7) is 4.63. The summed E-state index contributed by atoms with van der Waals surface area (Å²) in [6.07, 6.45) is 1.99. The van der Waals surface area contributed by atoms with Crippen molar-refractivity contribution in [3.05, 3.63) is 76.8 Å². The minimum Gasteiger partial charge on any atom is -0.490 e. The van der Waals surface area contributed by atoms with E-state index in [2.05, 4.69) is 52.8 Å². The van der Waals surface area contributed by atoms with Gasteiger partial charge in [-0.15, -0.1) is 6.58 Å². The maximum absolute atomic E-state index is 5.87. The van der Waals surface area contributed by atoms with Crippen molar-refractivity contribution in [3.8, 4) is 5.75 Å². The number of rotatable bonds is 2. The van der Waals surface area contributed by atoms with Gasteiger partial charge in [0.2, 0.25) is 0 Å². The SMILES string of the molecule is C=CC1(c2ccccc2)COc2c(Br)cccc21. The van der Waals surface area contributed by atoms with Crippen molar-refractivity contribution in [3.63, 3.8) is 0 Å². The molecular weight excluding hydrogens is 288 g/mol. The summed E-state index contributed by atoms with van der Waals surface area (Å²) in [5.74, 6) is 0.932. The molecule has 90 valence electrons. The van der Waals surface area contributed by atoms with Gasteiger partial charge < -0.3 is 4.74 Å². The molecule has 1 heterocycles. The standard InChI is InChI=1S/C16H13BrO/c1-2-16(12-7-4-3-5-8-12)11-18-15-13(16)9-6-10-14(15)17/h2-10H,1,11H2. The molecule has 1 nitrogen and oxygen atoms in total. The predicted molar refractivity (Wildman–Crippen MR) is 77.1 cm³/mol. The Hall–Kier alpha value is -1.54. The van der Waals surface area contributed by atoms with Gasteiger partial charge >= 0.3 is 0 Å². The third-order valence-electron chi connectivity index (χ3n) is 3.53. The van der Waals surface area contributed by atoms with Crippen LogP contribution < -0.4 is 4.74 Å². The number of fused-ring (bicyclic) bond motifs is 1. The first-order valence-corrected chi connectivity index (χ1v) is 6.68. The molecule has 0 radical (unpaired) electrons. The van der Waals surface area contributed by atoms with Crippen LogP contribution in [0.3, 0.4) is 0 Å². The molecule has 1 aliphatic heterocycles. The summed E-state index contributed by atoms with van der Waals surface area (Å²) in [7, 11) is 0. The molecule has 0 fully saturated rings. The molecule has 1 atom stereocenters. The molecule has 0 saturated carbocycles. The van der Waals surface area contributed by atoms with Crippen LogP contribution in [0.4, 0.5) is 0 Å². The summed E-state index contributed by atoms with van der Waals surface area (Å²) < 4.78 is 6.87. The van der Waals surface area contributed by atoms with Crippen molar-refractivity contribution in [2.45, 2.75) is 5.41 Å². The lowest BCUT2D eigenvalue weighted by molar-refractivity contribution is 0.315. The minimum absolute atomic E-state index is 0.236. The third-order valence-corrected chi connectivity index (χ3v) is 4.15. The number of hydrogen-bond acceptors (Lipinski definition) is 1. The molecular formula is C16H13BrO. The Labute approximate surface area is 115 Å². The fourth-order valence-electron chi connectivity index (χ4n) is 2.53. The van der Waals surface area contributed by atoms with Crippen molar-refractivity contribution in [2.24, 2.45) is 0 Å². The average molecular weight is 301 g/mol. The molecule has 18 heavy (non-hydrogen) atoms. The van der Waals surface area contributed by atoms with Crippen LogP contribution in [0, 0.1) is 0 Å². The number of halogens is 1. The summed E-state index contributed by atoms with van der Waals surface area (Å²) in [6, 6.07) is 16.5. The molecule has 0 aliphatic carbocycles. The number of para-hydroxylation sites is 1. The van der Waals surface area contributed by atoms with Gasteiger partial charge in [0.25, 0.3) is 0 Å². The Bertz CT molecular complexity index is 591. The fraction of sp³-hybridized carbons (Fsp3) is 0.125. The average Bonchev–Trinajstić information content (AvgIpc) is 2.81. The lowest BCUT2D eigenvalue weighted by atomic mass is 9.76. The quantitative estimate of drug-likeness (QED) is 0.751. The summed E-state index contributed by atoms with van der Waals surface area (Å²) in [5, 5.41) is 0. The highest BCUT2D eigenvalue weighted by molar-refractivity contribution is 9.10. The van der Waals surface area contributed by atoms with Gasteiger partial charge in [-0.05, 0) is 27.6 Å². The van der Waals surface area contributed by atoms with E-state index < -0.39 is 0 Å². The Morgan fingerprint density at radius 3 is 2.61 bits per heavy atom. The molecule has 0 spiro atoms. The topological polar surface area (TPSA) is 9.23 Å². The zero-order chi connectivity index (χ0) is 12.6. The lowest BCUT2D eigenvalue weighted by Crippen LogP contribution is -2.26. The normalized spacial score (nSPS) is 21.2. The molecule has 0 amide bonds. The molecule has 0 aromatic heterocycles. The van der Waals surface area contributed by atoms with Crippen LogP contribution in [-0.4, -0.2) is 6.61 Å². The summed E-state index contributed by atoms with van der Waals surface area (Å²) >= 11 is 3.54. The molecule has 0 bridgehead atoms. The highest BCUT2D eigenvalue weighted by Crippen LogP contribution is 2.47. The zero-order valence-corrected chi connectivity index (χ0v) is 11.5. The van der Waals surface area contributed by atoms with E-state index in [1.807, 2.05) is 24.3 Å². The van der Waals surface area contributed by atoms with E-state index in [-0.39, 0.29) is 5.41 Å². The van der Waals surface area contributed by atoms with E-state index in [1.165, 1.54) is 11.1 Å². The van der Waals surface area contributed by atoms with Crippen molar-refractivity contribution in [1.29, 1.82) is 0 Å². The zero-order valence-electron chi connectivity index (χ0n) is 9.90. The number of ether oxygens (including phenoxy) is 1. The molecule has 2 heteroatoms. The van der Waals surface area contributed by atoms with Crippen LogP contribution in [0.5, 0.6) is 5.75 Å². The van der Waals surface area contributed by atoms with E-state index in [4.69, 9.17) is 4.74 Å². The van der Waals surface area contributed by atoms with E-state index in [0.29, 0.717) is 6.61 Å². The lowest BCUT2D eigenvalue weighted by Gasteiger charge is -2.24. The van der Waals surface area contributed by atoms with Gasteiger partial charge in [0.15, 0.2) is 0 Å². The highest BCUT2D eigenvalue weighted by Gasteiger charge is 2.40. The van der Waals surface area contributed by atoms with E-state index in [1.54, 1.807) is 0 Å². The van der Waals surface area contributed by atoms with Crippen molar-refractivity contribution < 1.29 is 4.74 Å². The second-order valence-electron chi connectivity index (χ2n) is 4.45. The van der Waals surface area contributed by atoms with E-state index in [0.717, 1.165) is 10.2 Å². The molecule has 0 N–H and O–H groups in total. The van der Waals surface area contributed by atoms with Crippen LogP contribution in [-0.2, 0) is 5.41 Å². The Kier molecular flexibility index (Phi) is 2.75. The maximum atomic E-state index is 5.87. The first-order chi connectivity index (χ1) is 8.78. The molecule has 2 aromatic carbocycles. The van der Waals surface area contributed by atoms with Gasteiger partial charge in [0.1, 0.15) is 12.4 Å². The molecule has 1 aliphatic rings. The largest absolute Gasteiger partial charge is 0.490 e. The van der Waals surface area contributed by atoms with Crippen LogP contribution >= 0.6 is 15.9 Å². The third kappa shape index (κ3) is 1.52. The van der Waals surface area contributed by atoms with Gasteiger partial charge in [-0.3, -0.25) is 0 Å². The van der Waals surface area contributed by atoms with E-state index >= 15 is 0 Å². The van der Waals surface area contributed by atoms with Crippen LogP contribution in [0.25, 0.3) is 0 Å². The maximum Gasteiger partial charge on any atom is 0.138 e. The first kappa shape index (κ1) is 11.5. The van der Waals surface area contributed by atoms with Crippen molar-refractivity contribution >= 4 is 15.9 Å². The minimum atomic E-state index is -0.236. The monoisotopic (exact) mass is 300 g/mol. The molecule has 3 rings (SSSR count). The summed E-state index contributed by atoms with van der Waals surface area (Å²) in [4.78, 5) is 0. The van der Waals surface area contributed by atoms with Crippen LogP contribution in [0.1, 0.15) is 11.1 Å². The highest BCUT2D eigenvalue weighted by atomic mass is 79.9. The predicted octanol–water partition coefficient (Wildman–Crippen LogP) is 4.31. The second kappa shape index (κ2) is 4.29. The Morgan fingerprint density at radius 1 is 1.11 bits per heavy atom. The molecule has 1 unspecified atom stereocenters. The molecule has 2 aromatic rings. The fourth-order valence-corrected chi connectivity index (χ4v) is 3.01. The van der Waals surface area contributed by atoms with Crippen LogP contribution in [0.2, 0.25) is 0 Å². The van der Waals surface area contributed by atoms with Gasteiger partial charge in [-0.1, -0.05) is 48.5 Å². The summed E-state index contributed by atoms with van der Waals surface area (Å²) in [5.41, 5.74) is 2.16. The van der Waals surface area contributed by atoms with Crippen LogP contribution in [0.15, 0.2) is 65.7 Å². The molecule has 0 saturated heterocycles. The van der Waals surface area contributed by atoms with Crippen molar-refractivity contribution in [2.75, 3.05) is 6.61 Å². The first-order valence-electron chi connectivity index (χ1n) is 5.89. The van der Waals surface area contributed by atoms with Gasteiger partial charge in [0, 0.05) is 5.56 Å². The van der Waals surface area contributed by atoms with Gasteiger partial charge in [-0.2, -0.15) is 0 Å². The number of hydrogen-bond donors (Lipinski definition) is 0. The van der Waals surface area contributed by atoms with E-state index in [9.17, 15) is 0 Å². The number of benzene rings is 2. The van der Waals surface area contributed by atoms with Gasteiger partial charge in [-0.25, -0.2) is 0 Å². The Balaban J connectivity index is 2.24. The van der Waals surface area contributed by atoms with Crippen molar-refractivity contribution in [1.82, 2.24) is 0 Å².